The van der Waals surface area contributed by atoms with E-state index in [1.807, 2.05) is 17.5 Å². The van der Waals surface area contributed by atoms with Crippen LogP contribution in [0.3, 0.4) is 0 Å². The number of benzene rings is 1. The van der Waals surface area contributed by atoms with Crippen LogP contribution in [0.2, 0.25) is 0 Å². The fraction of sp³-hybridized carbons (Fsp3) is 0.486. The number of aromatic nitrogens is 2. The van der Waals surface area contributed by atoms with Crippen molar-refractivity contribution in [3.05, 3.63) is 68.5 Å². The Labute approximate surface area is 267 Å². The highest BCUT2D eigenvalue weighted by atomic mass is 32.1. The number of aliphatic hydroxyl groups is 1. The number of ketones is 1. The van der Waals surface area contributed by atoms with Crippen molar-refractivity contribution in [2.24, 2.45) is 11.3 Å². The number of aliphatic hydroxyl groups excluding tert-OH is 1. The molecule has 4 aromatic rings. The van der Waals surface area contributed by atoms with E-state index in [9.17, 15) is 19.8 Å². The van der Waals surface area contributed by atoms with Gasteiger partial charge in [-0.05, 0) is 102 Å². The van der Waals surface area contributed by atoms with Crippen LogP contribution in [-0.4, -0.2) is 62.6 Å². The maximum Gasteiger partial charge on any atom is 0.345 e. The second kappa shape index (κ2) is 12.8. The number of pyridine rings is 1. The molecule has 1 fully saturated rings. The normalized spacial score (nSPS) is 18.8. The third-order valence-corrected chi connectivity index (χ3v) is 11.4. The average molecular weight is 632 g/mol. The summed E-state index contributed by atoms with van der Waals surface area (Å²) in [6.45, 7) is 9.53. The SMILES string of the molecule is CC(C)(C)[C@H]1CCc2nc3sc(C(=O)C[C@H](CCN4CCC(O)CC4)c4ccc(-c5csc(C(=O)O)c5)cc4)nc3cc2C1. The molecule has 7 nitrogen and oxygen atoms in total. The van der Waals surface area contributed by atoms with Gasteiger partial charge in [0, 0.05) is 25.2 Å². The largest absolute Gasteiger partial charge is 0.477 e. The van der Waals surface area contributed by atoms with Crippen molar-refractivity contribution in [2.45, 2.75) is 77.7 Å². The zero-order chi connectivity index (χ0) is 31.0. The average Bonchev–Trinajstić information content (AvgIpc) is 3.66. The van der Waals surface area contributed by atoms with Crippen molar-refractivity contribution < 1.29 is 19.8 Å². The first-order chi connectivity index (χ1) is 21.0. The van der Waals surface area contributed by atoms with Gasteiger partial charge in [0.05, 0.1) is 6.10 Å². The molecule has 2 atom stereocenters. The molecule has 4 heterocycles. The van der Waals surface area contributed by atoms with Gasteiger partial charge in [0.25, 0.3) is 0 Å². The number of carboxylic acid groups (broad SMARTS) is 1. The van der Waals surface area contributed by atoms with Crippen LogP contribution in [0.4, 0.5) is 0 Å². The number of carbonyl (C=O) groups is 2. The van der Waals surface area contributed by atoms with Crippen molar-refractivity contribution in [3.8, 4) is 11.1 Å². The number of aryl methyl sites for hydroxylation is 1. The third-order valence-electron chi connectivity index (χ3n) is 9.52. The van der Waals surface area contributed by atoms with Crippen LogP contribution in [0.15, 0.2) is 41.8 Å². The number of fused-ring (bicyclic) bond motifs is 2. The molecule has 9 heteroatoms. The highest BCUT2D eigenvalue weighted by molar-refractivity contribution is 7.19. The van der Waals surface area contributed by atoms with Gasteiger partial charge in [-0.3, -0.25) is 4.79 Å². The molecule has 0 amide bonds. The van der Waals surface area contributed by atoms with Crippen LogP contribution in [0.1, 0.15) is 95.1 Å². The second-order valence-electron chi connectivity index (χ2n) is 13.6. The minimum Gasteiger partial charge on any atom is -0.477 e. The molecule has 2 aliphatic rings. The summed E-state index contributed by atoms with van der Waals surface area (Å²) in [6.07, 6.45) is 5.68. The van der Waals surface area contributed by atoms with E-state index in [1.165, 1.54) is 28.2 Å². The van der Waals surface area contributed by atoms with Crippen LogP contribution in [0.25, 0.3) is 21.5 Å². The van der Waals surface area contributed by atoms with E-state index in [4.69, 9.17) is 9.97 Å². The Morgan fingerprint density at radius 2 is 1.80 bits per heavy atom. The first-order valence-electron chi connectivity index (χ1n) is 15.7. The quantitative estimate of drug-likeness (QED) is 0.185. The Morgan fingerprint density at radius 1 is 1.05 bits per heavy atom. The van der Waals surface area contributed by atoms with Crippen LogP contribution >= 0.6 is 22.7 Å². The van der Waals surface area contributed by atoms with Crippen LogP contribution in [0.5, 0.6) is 0 Å². The molecule has 3 aromatic heterocycles. The van der Waals surface area contributed by atoms with Gasteiger partial charge < -0.3 is 15.1 Å². The van der Waals surface area contributed by atoms with E-state index in [2.05, 4.69) is 43.9 Å². The predicted molar refractivity (Wildman–Crippen MR) is 177 cm³/mol. The minimum atomic E-state index is -0.916. The summed E-state index contributed by atoms with van der Waals surface area (Å²) < 4.78 is 0. The lowest BCUT2D eigenvalue weighted by Gasteiger charge is -2.34. The number of aromatic carboxylic acids is 1. The molecule has 0 unspecified atom stereocenters. The molecule has 0 radical (unpaired) electrons. The lowest BCUT2D eigenvalue weighted by Crippen LogP contribution is -2.36. The number of piperidine rings is 1. The van der Waals surface area contributed by atoms with E-state index in [0.29, 0.717) is 22.2 Å². The number of Topliss-reactive ketones (excluding diaryl/α,β-unsaturated/α-hetero) is 1. The summed E-state index contributed by atoms with van der Waals surface area (Å²) in [5.74, 6) is -0.240. The fourth-order valence-corrected chi connectivity index (χ4v) is 8.24. The number of thiophene rings is 1. The van der Waals surface area contributed by atoms with Gasteiger partial charge >= 0.3 is 5.97 Å². The summed E-state index contributed by atoms with van der Waals surface area (Å²) in [5, 5.41) is 21.7. The predicted octanol–water partition coefficient (Wildman–Crippen LogP) is 7.47. The molecule has 2 N–H and O–H groups in total. The molecule has 1 aromatic carbocycles. The number of carbonyl (C=O) groups excluding carboxylic acids is 1. The third kappa shape index (κ3) is 6.96. The number of hydrogen-bond acceptors (Lipinski definition) is 8. The molecule has 1 aliphatic heterocycles. The van der Waals surface area contributed by atoms with E-state index >= 15 is 0 Å². The van der Waals surface area contributed by atoms with Crippen molar-refractivity contribution >= 4 is 44.8 Å². The number of carboxylic acids is 1. The van der Waals surface area contributed by atoms with Gasteiger partial charge in [0.15, 0.2) is 10.8 Å². The monoisotopic (exact) mass is 631 g/mol. The molecule has 232 valence electrons. The van der Waals surface area contributed by atoms with Crippen LogP contribution in [0, 0.1) is 11.3 Å². The lowest BCUT2D eigenvalue weighted by atomic mass is 9.71. The number of hydrogen-bond donors (Lipinski definition) is 2. The molecular formula is C35H41N3O4S2. The van der Waals surface area contributed by atoms with Gasteiger partial charge in [0.2, 0.25) is 0 Å². The Hall–Kier alpha value is -2.98. The van der Waals surface area contributed by atoms with Crippen molar-refractivity contribution in [3.63, 3.8) is 0 Å². The standard InChI is InChI=1S/C35H41N3O4S2/c1-35(2,3)26-8-9-28-24(16-26)17-29-32(36-28)44-33(37-29)30(40)18-23(10-13-38-14-11-27(39)12-15-38)21-4-6-22(7-5-21)25-19-31(34(41)42)43-20-25/h4-7,17,19-20,23,26-27,39H,8-16,18H2,1-3H3,(H,41,42)/t23-,26-/m0/s1. The van der Waals surface area contributed by atoms with E-state index in [1.54, 1.807) is 6.07 Å². The number of likely N-dealkylation sites (tertiary alicyclic amines) is 1. The van der Waals surface area contributed by atoms with Gasteiger partial charge in [0.1, 0.15) is 15.2 Å². The topological polar surface area (TPSA) is 104 Å². The van der Waals surface area contributed by atoms with Crippen molar-refractivity contribution in [1.29, 1.82) is 0 Å². The van der Waals surface area contributed by atoms with Crippen LogP contribution in [-0.2, 0) is 12.8 Å². The van der Waals surface area contributed by atoms with Gasteiger partial charge in [-0.1, -0.05) is 56.4 Å². The molecule has 0 saturated carbocycles. The van der Waals surface area contributed by atoms with E-state index in [-0.39, 0.29) is 23.2 Å². The number of rotatable bonds is 9. The maximum absolute atomic E-state index is 13.8. The molecule has 1 aliphatic carbocycles. The van der Waals surface area contributed by atoms with Gasteiger partial charge in [-0.15, -0.1) is 11.3 Å². The molecule has 1 saturated heterocycles. The molecule has 0 spiro atoms. The van der Waals surface area contributed by atoms with Crippen LogP contribution < -0.4 is 0 Å². The Morgan fingerprint density at radius 3 is 2.48 bits per heavy atom. The zero-order valence-corrected chi connectivity index (χ0v) is 27.3. The smallest absolute Gasteiger partial charge is 0.345 e. The first kappa shape index (κ1) is 31.0. The van der Waals surface area contributed by atoms with E-state index < -0.39 is 5.97 Å². The summed E-state index contributed by atoms with van der Waals surface area (Å²) in [6, 6.07) is 12.1. The Kier molecular flexibility index (Phi) is 9.02. The molecule has 44 heavy (non-hydrogen) atoms. The highest BCUT2D eigenvalue weighted by Gasteiger charge is 2.30. The fourth-order valence-electron chi connectivity index (χ4n) is 6.60. The Bertz CT molecular complexity index is 1640. The summed E-state index contributed by atoms with van der Waals surface area (Å²) in [7, 11) is 0. The first-order valence-corrected chi connectivity index (χ1v) is 17.4. The summed E-state index contributed by atoms with van der Waals surface area (Å²) >= 11 is 2.64. The summed E-state index contributed by atoms with van der Waals surface area (Å²) in [5.41, 5.74) is 6.46. The highest BCUT2D eigenvalue weighted by Crippen LogP contribution is 2.38. The second-order valence-corrected chi connectivity index (χ2v) is 15.4. The minimum absolute atomic E-state index is 0.0150. The van der Waals surface area contributed by atoms with Crippen molar-refractivity contribution in [1.82, 2.24) is 14.9 Å². The molecular weight excluding hydrogens is 591 g/mol. The Balaban J connectivity index is 1.21. The van der Waals surface area contributed by atoms with Crippen molar-refractivity contribution in [2.75, 3.05) is 19.6 Å². The van der Waals surface area contributed by atoms with Gasteiger partial charge in [-0.25, -0.2) is 14.8 Å². The van der Waals surface area contributed by atoms with Gasteiger partial charge in [-0.2, -0.15) is 0 Å². The lowest BCUT2D eigenvalue weighted by molar-refractivity contribution is 0.0701. The van der Waals surface area contributed by atoms with E-state index in [0.717, 1.165) is 90.9 Å². The zero-order valence-electron chi connectivity index (χ0n) is 25.7. The maximum atomic E-state index is 13.8. The molecule has 6 rings (SSSR count). The number of nitrogens with zero attached hydrogens (tertiary/aromatic N) is 3. The summed E-state index contributed by atoms with van der Waals surface area (Å²) in [4.78, 5) is 38.5. The molecule has 0 bridgehead atoms. The number of thiazole rings is 1.